The summed E-state index contributed by atoms with van der Waals surface area (Å²) >= 11 is 0. The highest BCUT2D eigenvalue weighted by Crippen LogP contribution is 2.29. The number of aliphatic hydroxyl groups excluding tert-OH is 2. The maximum Gasteiger partial charge on any atom is 0.338 e. The summed E-state index contributed by atoms with van der Waals surface area (Å²) in [4.78, 5) is 23.3. The van der Waals surface area contributed by atoms with E-state index in [-0.39, 0.29) is 41.9 Å². The molecular formula is C13H16O6. The highest BCUT2D eigenvalue weighted by Gasteiger charge is 2.32. The van der Waals surface area contributed by atoms with Crippen LogP contribution in [0.3, 0.4) is 0 Å². The normalized spacial score (nSPS) is 28.3. The van der Waals surface area contributed by atoms with Crippen molar-refractivity contribution >= 4 is 11.9 Å². The first-order chi connectivity index (χ1) is 8.88. The second-order valence-corrected chi connectivity index (χ2v) is 4.87. The minimum Gasteiger partial charge on any atom is -0.512 e. The molecule has 2 aliphatic rings. The molecule has 2 atom stereocenters. The van der Waals surface area contributed by atoms with Crippen molar-refractivity contribution in [2.75, 3.05) is 0 Å². The van der Waals surface area contributed by atoms with Crippen LogP contribution in [-0.4, -0.2) is 34.4 Å². The molecule has 0 fully saturated rings. The van der Waals surface area contributed by atoms with E-state index in [2.05, 4.69) is 0 Å². The fourth-order valence-electron chi connectivity index (χ4n) is 2.14. The van der Waals surface area contributed by atoms with Crippen LogP contribution in [-0.2, 0) is 19.1 Å². The number of hydrogen-bond donors (Lipinski definition) is 2. The molecule has 104 valence electrons. The lowest BCUT2D eigenvalue weighted by atomic mass is 9.96. The summed E-state index contributed by atoms with van der Waals surface area (Å²) in [5, 5.41) is 19.6. The molecule has 2 N–H and O–H groups in total. The molecule has 0 saturated carbocycles. The van der Waals surface area contributed by atoms with Gasteiger partial charge in [-0.1, -0.05) is 0 Å². The van der Waals surface area contributed by atoms with Crippen molar-refractivity contribution in [3.05, 3.63) is 22.7 Å². The Morgan fingerprint density at radius 3 is 1.63 bits per heavy atom. The van der Waals surface area contributed by atoms with Gasteiger partial charge in [0.05, 0.1) is 11.1 Å². The van der Waals surface area contributed by atoms with Crippen molar-refractivity contribution < 1.29 is 29.3 Å². The van der Waals surface area contributed by atoms with Gasteiger partial charge in [0.1, 0.15) is 23.7 Å². The Hall–Kier alpha value is -1.98. The predicted molar refractivity (Wildman–Crippen MR) is 64.3 cm³/mol. The lowest BCUT2D eigenvalue weighted by molar-refractivity contribution is -0.146. The van der Waals surface area contributed by atoms with Gasteiger partial charge in [0, 0.05) is 19.3 Å². The lowest BCUT2D eigenvalue weighted by Crippen LogP contribution is -2.28. The van der Waals surface area contributed by atoms with Crippen LogP contribution < -0.4 is 0 Å². The first-order valence-electron chi connectivity index (χ1n) is 6.12. The van der Waals surface area contributed by atoms with Gasteiger partial charge in [0.2, 0.25) is 0 Å². The third-order valence-electron chi connectivity index (χ3n) is 3.12. The van der Waals surface area contributed by atoms with Gasteiger partial charge < -0.3 is 19.7 Å². The smallest absolute Gasteiger partial charge is 0.338 e. The summed E-state index contributed by atoms with van der Waals surface area (Å²) in [5.41, 5.74) is 0.0114. The SMILES string of the molecule is CC1CC(O)=C(CC2=C(O)CC(C)OC2=O)C(=O)O1. The molecule has 2 rings (SSSR count). The van der Waals surface area contributed by atoms with Gasteiger partial charge in [-0.15, -0.1) is 0 Å². The molecule has 2 unspecified atom stereocenters. The maximum atomic E-state index is 11.7. The zero-order valence-corrected chi connectivity index (χ0v) is 10.8. The molecule has 0 aromatic rings. The molecule has 0 bridgehead atoms. The molecule has 19 heavy (non-hydrogen) atoms. The van der Waals surface area contributed by atoms with Crippen molar-refractivity contribution in [3.8, 4) is 0 Å². The summed E-state index contributed by atoms with van der Waals surface area (Å²) in [7, 11) is 0. The van der Waals surface area contributed by atoms with Gasteiger partial charge in [0.15, 0.2) is 0 Å². The van der Waals surface area contributed by atoms with Crippen molar-refractivity contribution in [2.24, 2.45) is 0 Å². The number of rotatable bonds is 2. The van der Waals surface area contributed by atoms with Crippen LogP contribution in [0.15, 0.2) is 22.7 Å². The van der Waals surface area contributed by atoms with Crippen LogP contribution >= 0.6 is 0 Å². The third kappa shape index (κ3) is 2.72. The van der Waals surface area contributed by atoms with Gasteiger partial charge >= 0.3 is 11.9 Å². The van der Waals surface area contributed by atoms with Crippen LogP contribution in [0.1, 0.15) is 33.1 Å². The van der Waals surface area contributed by atoms with E-state index in [1.54, 1.807) is 13.8 Å². The predicted octanol–water partition coefficient (Wildman–Crippen LogP) is 1.67. The van der Waals surface area contributed by atoms with Crippen LogP contribution in [0.5, 0.6) is 0 Å². The van der Waals surface area contributed by atoms with Crippen LogP contribution in [0.2, 0.25) is 0 Å². The number of ether oxygens (including phenoxy) is 2. The van der Waals surface area contributed by atoms with E-state index in [1.807, 2.05) is 0 Å². The molecule has 0 radical (unpaired) electrons. The molecule has 0 aliphatic carbocycles. The summed E-state index contributed by atoms with van der Waals surface area (Å²) in [6.45, 7) is 3.33. The van der Waals surface area contributed by atoms with E-state index in [0.29, 0.717) is 0 Å². The second kappa shape index (κ2) is 4.95. The van der Waals surface area contributed by atoms with Gasteiger partial charge in [-0.25, -0.2) is 9.59 Å². The van der Waals surface area contributed by atoms with E-state index in [4.69, 9.17) is 9.47 Å². The monoisotopic (exact) mass is 268 g/mol. The first kappa shape index (κ1) is 13.5. The van der Waals surface area contributed by atoms with Crippen molar-refractivity contribution in [2.45, 2.75) is 45.3 Å². The van der Waals surface area contributed by atoms with E-state index in [0.717, 1.165) is 0 Å². The van der Waals surface area contributed by atoms with Crippen molar-refractivity contribution in [1.82, 2.24) is 0 Å². The zero-order chi connectivity index (χ0) is 14.2. The number of cyclic esters (lactones) is 2. The summed E-state index contributed by atoms with van der Waals surface area (Å²) < 4.78 is 9.98. The van der Waals surface area contributed by atoms with Crippen LogP contribution in [0.4, 0.5) is 0 Å². The Balaban J connectivity index is 2.26. The van der Waals surface area contributed by atoms with Crippen LogP contribution in [0, 0.1) is 0 Å². The third-order valence-corrected chi connectivity index (χ3v) is 3.12. The average Bonchev–Trinajstić information content (AvgIpc) is 2.25. The molecule has 0 aromatic carbocycles. The first-order valence-corrected chi connectivity index (χ1v) is 6.12. The van der Waals surface area contributed by atoms with E-state index in [9.17, 15) is 19.8 Å². The standard InChI is InChI=1S/C13H16O6/c1-6-3-10(14)8(12(16)18-6)5-9-11(15)4-7(2)19-13(9)17/h6-7,14-15H,3-5H2,1-2H3. The lowest BCUT2D eigenvalue weighted by Gasteiger charge is -2.25. The Bertz CT molecular complexity index is 443. The molecule has 0 aromatic heterocycles. The van der Waals surface area contributed by atoms with Gasteiger partial charge in [-0.2, -0.15) is 0 Å². The molecule has 0 amide bonds. The number of carbonyl (C=O) groups excluding carboxylic acids is 2. The molecule has 2 aliphatic heterocycles. The van der Waals surface area contributed by atoms with Crippen LogP contribution in [0.25, 0.3) is 0 Å². The second-order valence-electron chi connectivity index (χ2n) is 4.87. The maximum absolute atomic E-state index is 11.7. The number of carbonyl (C=O) groups is 2. The highest BCUT2D eigenvalue weighted by atomic mass is 16.6. The summed E-state index contributed by atoms with van der Waals surface area (Å²) in [6.07, 6.45) is -0.537. The molecule has 0 saturated heterocycles. The number of esters is 2. The van der Waals surface area contributed by atoms with E-state index in [1.165, 1.54) is 0 Å². The molecule has 0 spiro atoms. The van der Waals surface area contributed by atoms with E-state index >= 15 is 0 Å². The fraction of sp³-hybridized carbons (Fsp3) is 0.538. The summed E-state index contributed by atoms with van der Waals surface area (Å²) in [6, 6.07) is 0. The largest absolute Gasteiger partial charge is 0.512 e. The Labute approximate surface area is 110 Å². The molecular weight excluding hydrogens is 252 g/mol. The van der Waals surface area contributed by atoms with E-state index < -0.39 is 24.1 Å². The van der Waals surface area contributed by atoms with Crippen molar-refractivity contribution in [3.63, 3.8) is 0 Å². The minimum atomic E-state index is -0.664. The topological polar surface area (TPSA) is 93.1 Å². The Kier molecular flexibility index (Phi) is 3.50. The highest BCUT2D eigenvalue weighted by molar-refractivity contribution is 5.96. The van der Waals surface area contributed by atoms with Gasteiger partial charge in [0.25, 0.3) is 0 Å². The zero-order valence-electron chi connectivity index (χ0n) is 10.8. The van der Waals surface area contributed by atoms with Gasteiger partial charge in [-0.3, -0.25) is 0 Å². The fourth-order valence-corrected chi connectivity index (χ4v) is 2.14. The minimum absolute atomic E-state index is 0.00570. The summed E-state index contributed by atoms with van der Waals surface area (Å²) in [5.74, 6) is -1.53. The molecule has 6 nitrogen and oxygen atoms in total. The molecule has 6 heteroatoms. The quantitative estimate of drug-likeness (QED) is 0.740. The Morgan fingerprint density at radius 1 is 0.947 bits per heavy atom. The number of hydrogen-bond acceptors (Lipinski definition) is 6. The average molecular weight is 268 g/mol. The number of aliphatic hydroxyl groups is 2. The molecule has 2 heterocycles. The Morgan fingerprint density at radius 2 is 1.32 bits per heavy atom. The van der Waals surface area contributed by atoms with Crippen molar-refractivity contribution in [1.29, 1.82) is 0 Å². The van der Waals surface area contributed by atoms with Gasteiger partial charge in [-0.05, 0) is 13.8 Å².